The highest BCUT2D eigenvalue weighted by molar-refractivity contribution is 7.99. The summed E-state index contributed by atoms with van der Waals surface area (Å²) < 4.78 is 0. The van der Waals surface area contributed by atoms with E-state index in [2.05, 4.69) is 35.8 Å². The van der Waals surface area contributed by atoms with Crippen molar-refractivity contribution in [3.63, 3.8) is 0 Å². The lowest BCUT2D eigenvalue weighted by Crippen LogP contribution is -2.44. The van der Waals surface area contributed by atoms with Crippen molar-refractivity contribution in [2.75, 3.05) is 18.1 Å². The number of carbonyl (C=O) groups excluding carboxylic acids is 1. The normalized spacial score (nSPS) is 31.6. The average Bonchev–Trinajstić information content (AvgIpc) is 3.09. The molecule has 2 saturated heterocycles. The molecule has 0 aromatic carbocycles. The van der Waals surface area contributed by atoms with Crippen molar-refractivity contribution in [3.8, 4) is 0 Å². The molecule has 1 spiro atoms. The smallest absolute Gasteiger partial charge is 0.244 e. The number of thioether (sulfide) groups is 1. The Kier molecular flexibility index (Phi) is 3.35. The van der Waals surface area contributed by atoms with Crippen LogP contribution in [0, 0.1) is 11.8 Å². The topological polar surface area (TPSA) is 32.3 Å². The molecule has 2 aliphatic heterocycles. The van der Waals surface area contributed by atoms with Gasteiger partial charge in [0.25, 0.3) is 0 Å². The molecule has 2 heterocycles. The maximum atomic E-state index is 12.5. The number of carbonyl (C=O) groups is 1. The maximum Gasteiger partial charge on any atom is 0.244 e. The summed E-state index contributed by atoms with van der Waals surface area (Å²) in [5.41, 5.74) is -0.141. The van der Waals surface area contributed by atoms with Gasteiger partial charge in [0.2, 0.25) is 5.91 Å². The van der Waals surface area contributed by atoms with Crippen molar-refractivity contribution in [1.82, 2.24) is 10.2 Å². The predicted octanol–water partition coefficient (Wildman–Crippen LogP) is 2.08. The zero-order chi connectivity index (χ0) is 12.8. The first kappa shape index (κ1) is 12.8. The molecule has 1 amide bonds. The van der Waals surface area contributed by atoms with Gasteiger partial charge >= 0.3 is 0 Å². The van der Waals surface area contributed by atoms with E-state index in [4.69, 9.17) is 0 Å². The van der Waals surface area contributed by atoms with E-state index in [-0.39, 0.29) is 11.7 Å². The van der Waals surface area contributed by atoms with E-state index in [0.29, 0.717) is 11.8 Å². The Bertz CT molecular complexity index is 335. The van der Waals surface area contributed by atoms with Crippen LogP contribution in [0.4, 0.5) is 0 Å². The Labute approximate surface area is 114 Å². The van der Waals surface area contributed by atoms with Gasteiger partial charge in [-0.05, 0) is 49.0 Å². The second-order valence-electron chi connectivity index (χ2n) is 6.43. The van der Waals surface area contributed by atoms with Gasteiger partial charge in [-0.1, -0.05) is 13.8 Å². The second kappa shape index (κ2) is 4.71. The monoisotopic (exact) mass is 268 g/mol. The molecule has 1 unspecified atom stereocenters. The van der Waals surface area contributed by atoms with Crippen molar-refractivity contribution in [2.45, 2.75) is 51.2 Å². The van der Waals surface area contributed by atoms with Crippen LogP contribution < -0.4 is 5.32 Å². The Balaban J connectivity index is 1.69. The standard InChI is InChI=1S/C14H24N2OS/c1-10(2)12-15-14(5-6-14)13(17)16(12)9-11-3-7-18-8-4-11/h10-12,15H,3-9H2,1-2H3. The SMILES string of the molecule is CC(C)C1NC2(CC2)C(=O)N1CC1CCSCC1. The largest absolute Gasteiger partial charge is 0.325 e. The molecule has 3 fully saturated rings. The van der Waals surface area contributed by atoms with Gasteiger partial charge in [0.05, 0.1) is 11.7 Å². The molecule has 1 N–H and O–H groups in total. The molecule has 3 aliphatic rings. The number of nitrogens with zero attached hydrogens (tertiary/aromatic N) is 1. The van der Waals surface area contributed by atoms with Crippen molar-refractivity contribution >= 4 is 17.7 Å². The van der Waals surface area contributed by atoms with Crippen LogP contribution in [0.25, 0.3) is 0 Å². The fourth-order valence-electron chi connectivity index (χ4n) is 3.24. The first-order valence-electron chi connectivity index (χ1n) is 7.29. The Morgan fingerprint density at radius 1 is 1.39 bits per heavy atom. The lowest BCUT2D eigenvalue weighted by Gasteiger charge is -2.32. The Morgan fingerprint density at radius 2 is 2.06 bits per heavy atom. The van der Waals surface area contributed by atoms with Gasteiger partial charge < -0.3 is 4.90 Å². The summed E-state index contributed by atoms with van der Waals surface area (Å²) in [6.07, 6.45) is 4.94. The van der Waals surface area contributed by atoms with Crippen LogP contribution in [0.5, 0.6) is 0 Å². The maximum absolute atomic E-state index is 12.5. The molecule has 4 heteroatoms. The third-order valence-corrected chi connectivity index (χ3v) is 5.66. The summed E-state index contributed by atoms with van der Waals surface area (Å²) in [5.74, 6) is 4.17. The summed E-state index contributed by atoms with van der Waals surface area (Å²) in [5, 5.41) is 3.60. The van der Waals surface area contributed by atoms with Gasteiger partial charge in [0, 0.05) is 6.54 Å². The lowest BCUT2D eigenvalue weighted by molar-refractivity contribution is -0.131. The number of rotatable bonds is 3. The van der Waals surface area contributed by atoms with Gasteiger partial charge in [-0.3, -0.25) is 10.1 Å². The lowest BCUT2D eigenvalue weighted by atomic mass is 10.0. The molecule has 1 atom stereocenters. The Hall–Kier alpha value is -0.220. The minimum atomic E-state index is -0.141. The molecule has 3 rings (SSSR count). The fourth-order valence-corrected chi connectivity index (χ4v) is 4.44. The van der Waals surface area contributed by atoms with Crippen LogP contribution in [-0.2, 0) is 4.79 Å². The van der Waals surface area contributed by atoms with Crippen LogP contribution in [0.2, 0.25) is 0 Å². The molecule has 0 aromatic rings. The predicted molar refractivity (Wildman–Crippen MR) is 75.5 cm³/mol. The highest BCUT2D eigenvalue weighted by Crippen LogP contribution is 2.43. The minimum Gasteiger partial charge on any atom is -0.325 e. The number of nitrogens with one attached hydrogen (secondary N) is 1. The second-order valence-corrected chi connectivity index (χ2v) is 7.65. The first-order valence-corrected chi connectivity index (χ1v) is 8.44. The molecular formula is C14H24N2OS. The minimum absolute atomic E-state index is 0.141. The van der Waals surface area contributed by atoms with Crippen molar-refractivity contribution in [2.24, 2.45) is 11.8 Å². The van der Waals surface area contributed by atoms with Gasteiger partial charge in [0.15, 0.2) is 0 Å². The zero-order valence-corrected chi connectivity index (χ0v) is 12.3. The van der Waals surface area contributed by atoms with E-state index < -0.39 is 0 Å². The third-order valence-electron chi connectivity index (χ3n) is 4.61. The van der Waals surface area contributed by atoms with Crippen molar-refractivity contribution < 1.29 is 4.79 Å². The molecule has 3 nitrogen and oxygen atoms in total. The highest BCUT2D eigenvalue weighted by atomic mass is 32.2. The molecule has 102 valence electrons. The molecule has 0 aromatic heterocycles. The van der Waals surface area contributed by atoms with Crippen LogP contribution in [0.1, 0.15) is 39.5 Å². The van der Waals surface area contributed by atoms with Crippen LogP contribution in [-0.4, -0.2) is 40.6 Å². The average molecular weight is 268 g/mol. The fraction of sp³-hybridized carbons (Fsp3) is 0.929. The number of amides is 1. The van der Waals surface area contributed by atoms with E-state index in [9.17, 15) is 4.79 Å². The first-order chi connectivity index (χ1) is 8.62. The van der Waals surface area contributed by atoms with Crippen LogP contribution >= 0.6 is 11.8 Å². The molecule has 0 radical (unpaired) electrons. The van der Waals surface area contributed by atoms with E-state index in [1.165, 1.54) is 24.3 Å². The van der Waals surface area contributed by atoms with E-state index in [1.807, 2.05) is 0 Å². The summed E-state index contributed by atoms with van der Waals surface area (Å²) in [6.45, 7) is 5.42. The zero-order valence-electron chi connectivity index (χ0n) is 11.4. The molecule has 0 bridgehead atoms. The van der Waals surface area contributed by atoms with Crippen LogP contribution in [0.15, 0.2) is 0 Å². The van der Waals surface area contributed by atoms with Crippen LogP contribution in [0.3, 0.4) is 0 Å². The van der Waals surface area contributed by atoms with Crippen molar-refractivity contribution in [3.05, 3.63) is 0 Å². The summed E-state index contributed by atoms with van der Waals surface area (Å²) in [4.78, 5) is 14.7. The Morgan fingerprint density at radius 3 is 2.61 bits per heavy atom. The van der Waals surface area contributed by atoms with Gasteiger partial charge in [0.1, 0.15) is 0 Å². The van der Waals surface area contributed by atoms with Crippen molar-refractivity contribution in [1.29, 1.82) is 0 Å². The van der Waals surface area contributed by atoms with E-state index in [0.717, 1.165) is 25.3 Å². The summed E-state index contributed by atoms with van der Waals surface area (Å²) in [7, 11) is 0. The summed E-state index contributed by atoms with van der Waals surface area (Å²) >= 11 is 2.06. The van der Waals surface area contributed by atoms with Gasteiger partial charge in [-0.2, -0.15) is 11.8 Å². The number of hydrogen-bond acceptors (Lipinski definition) is 3. The highest BCUT2D eigenvalue weighted by Gasteiger charge is 2.59. The third kappa shape index (κ3) is 2.18. The van der Waals surface area contributed by atoms with E-state index in [1.54, 1.807) is 0 Å². The molecule has 1 saturated carbocycles. The number of hydrogen-bond donors (Lipinski definition) is 1. The quantitative estimate of drug-likeness (QED) is 0.850. The molecular weight excluding hydrogens is 244 g/mol. The van der Waals surface area contributed by atoms with Gasteiger partial charge in [-0.25, -0.2) is 0 Å². The van der Waals surface area contributed by atoms with E-state index >= 15 is 0 Å². The van der Waals surface area contributed by atoms with Gasteiger partial charge in [-0.15, -0.1) is 0 Å². The molecule has 1 aliphatic carbocycles. The molecule has 18 heavy (non-hydrogen) atoms. The summed E-state index contributed by atoms with van der Waals surface area (Å²) in [6, 6.07) is 0.